The highest BCUT2D eigenvalue weighted by molar-refractivity contribution is 6.30. The van der Waals surface area contributed by atoms with Gasteiger partial charge in [-0.1, -0.05) is 11.6 Å². The van der Waals surface area contributed by atoms with Crippen molar-refractivity contribution in [3.05, 3.63) is 47.5 Å². The molecular formula is C19H20ClN3O3. The highest BCUT2D eigenvalue weighted by Crippen LogP contribution is 2.55. The van der Waals surface area contributed by atoms with Crippen LogP contribution in [-0.4, -0.2) is 42.2 Å². The number of nitrogens with zero attached hydrogens (tertiary/aromatic N) is 2. The topological polar surface area (TPSA) is 67.6 Å². The number of fused-ring (bicyclic) bond motifs is 1. The number of carbonyl (C=O) groups is 1. The molecule has 3 fully saturated rings. The van der Waals surface area contributed by atoms with Crippen LogP contribution in [0.25, 0.3) is 0 Å². The zero-order valence-electron chi connectivity index (χ0n) is 14.2. The Labute approximate surface area is 156 Å². The first kappa shape index (κ1) is 16.1. The van der Waals surface area contributed by atoms with Crippen LogP contribution in [0.5, 0.6) is 0 Å². The summed E-state index contributed by atoms with van der Waals surface area (Å²) < 4.78 is 11.4. The van der Waals surface area contributed by atoms with Crippen molar-refractivity contribution in [2.75, 3.05) is 24.5 Å². The highest BCUT2D eigenvalue weighted by atomic mass is 35.5. The summed E-state index contributed by atoms with van der Waals surface area (Å²) in [6.07, 6.45) is 7.05. The molecule has 6 nitrogen and oxygen atoms in total. The SMILES string of the molecule is O=C(NC[C@H]1[C@H]2CN(c3ccc(Cl)cn3)C[C@]23CC[C@H]1O3)c1ccoc1. The summed E-state index contributed by atoms with van der Waals surface area (Å²) in [6.45, 7) is 2.38. The van der Waals surface area contributed by atoms with Gasteiger partial charge in [0.25, 0.3) is 5.91 Å². The normalized spacial score (nSPS) is 32.0. The van der Waals surface area contributed by atoms with E-state index in [9.17, 15) is 4.79 Å². The van der Waals surface area contributed by atoms with Gasteiger partial charge in [-0.3, -0.25) is 4.79 Å². The minimum Gasteiger partial charge on any atom is -0.472 e. The maximum atomic E-state index is 12.2. The van der Waals surface area contributed by atoms with Crippen molar-refractivity contribution in [3.8, 4) is 0 Å². The van der Waals surface area contributed by atoms with E-state index in [1.54, 1.807) is 12.3 Å². The van der Waals surface area contributed by atoms with Crippen LogP contribution in [0.2, 0.25) is 5.02 Å². The lowest BCUT2D eigenvalue weighted by atomic mass is 9.73. The standard InChI is InChI=1S/C19H20ClN3O3/c20-13-1-2-17(21-7-13)23-9-15-14(16-3-5-19(15,11-23)26-16)8-22-18(24)12-4-6-25-10-12/h1-2,4,6-7,10,14-16H,3,5,8-9,11H2,(H,22,24)/t14-,15+,16+,19+/m0/s1. The lowest BCUT2D eigenvalue weighted by molar-refractivity contribution is 0.0141. The molecule has 0 aromatic carbocycles. The monoisotopic (exact) mass is 373 g/mol. The van der Waals surface area contributed by atoms with Gasteiger partial charge in [-0.2, -0.15) is 0 Å². The summed E-state index contributed by atoms with van der Waals surface area (Å²) in [5.41, 5.74) is 0.457. The number of halogens is 1. The second-order valence-corrected chi connectivity index (χ2v) is 7.90. The van der Waals surface area contributed by atoms with Gasteiger partial charge in [0.1, 0.15) is 12.1 Å². The summed E-state index contributed by atoms with van der Waals surface area (Å²) in [5.74, 6) is 1.58. The maximum absolute atomic E-state index is 12.2. The first-order chi connectivity index (χ1) is 12.6. The molecule has 1 amide bonds. The third-order valence-electron chi connectivity index (χ3n) is 6.10. The summed E-state index contributed by atoms with van der Waals surface area (Å²) in [7, 11) is 0. The molecule has 1 spiro atoms. The average Bonchev–Trinajstić information content (AvgIpc) is 3.40. The third kappa shape index (κ3) is 2.51. The number of aromatic nitrogens is 1. The summed E-state index contributed by atoms with van der Waals surface area (Å²) in [4.78, 5) is 19.0. The number of furan rings is 1. The van der Waals surface area contributed by atoms with E-state index in [0.717, 1.165) is 31.7 Å². The van der Waals surface area contributed by atoms with Crippen molar-refractivity contribution in [2.24, 2.45) is 11.8 Å². The zero-order valence-corrected chi connectivity index (χ0v) is 15.0. The van der Waals surface area contributed by atoms with Crippen LogP contribution in [0.15, 0.2) is 41.3 Å². The molecule has 136 valence electrons. The van der Waals surface area contributed by atoms with Crippen molar-refractivity contribution in [1.29, 1.82) is 0 Å². The van der Waals surface area contributed by atoms with Crippen LogP contribution in [0.4, 0.5) is 5.82 Å². The van der Waals surface area contributed by atoms with Crippen molar-refractivity contribution < 1.29 is 13.9 Å². The molecule has 1 N–H and O–H groups in total. The van der Waals surface area contributed by atoms with Crippen molar-refractivity contribution in [3.63, 3.8) is 0 Å². The number of amides is 1. The molecule has 2 bridgehead atoms. The molecular weight excluding hydrogens is 354 g/mol. The maximum Gasteiger partial charge on any atom is 0.254 e. The number of hydrogen-bond donors (Lipinski definition) is 1. The Hall–Kier alpha value is -2.05. The first-order valence-corrected chi connectivity index (χ1v) is 9.37. The predicted molar refractivity (Wildman–Crippen MR) is 96.3 cm³/mol. The fourth-order valence-electron chi connectivity index (χ4n) is 4.90. The second-order valence-electron chi connectivity index (χ2n) is 7.47. The van der Waals surface area contributed by atoms with E-state index < -0.39 is 0 Å². The average molecular weight is 374 g/mol. The largest absolute Gasteiger partial charge is 0.472 e. The lowest BCUT2D eigenvalue weighted by Crippen LogP contribution is -2.41. The van der Waals surface area contributed by atoms with E-state index in [0.29, 0.717) is 29.0 Å². The van der Waals surface area contributed by atoms with Crippen molar-refractivity contribution in [1.82, 2.24) is 10.3 Å². The first-order valence-electron chi connectivity index (χ1n) is 8.99. The molecule has 4 atom stereocenters. The summed E-state index contributed by atoms with van der Waals surface area (Å²) in [6, 6.07) is 5.51. The Bertz CT molecular complexity index is 810. The van der Waals surface area contributed by atoms with Gasteiger partial charge in [-0.15, -0.1) is 0 Å². The van der Waals surface area contributed by atoms with Gasteiger partial charge in [-0.05, 0) is 31.0 Å². The quantitative estimate of drug-likeness (QED) is 0.892. The Balaban J connectivity index is 1.30. The number of hydrogen-bond acceptors (Lipinski definition) is 5. The van der Waals surface area contributed by atoms with Gasteiger partial charge in [0.15, 0.2) is 0 Å². The zero-order chi connectivity index (χ0) is 17.7. The van der Waals surface area contributed by atoms with Crippen LogP contribution >= 0.6 is 11.6 Å². The van der Waals surface area contributed by atoms with Crippen LogP contribution in [0.1, 0.15) is 23.2 Å². The van der Waals surface area contributed by atoms with Gasteiger partial charge in [-0.25, -0.2) is 4.98 Å². The summed E-state index contributed by atoms with van der Waals surface area (Å²) in [5, 5.41) is 3.69. The Morgan fingerprint density at radius 3 is 3.12 bits per heavy atom. The number of nitrogens with one attached hydrogen (secondary N) is 1. The van der Waals surface area contributed by atoms with Crippen LogP contribution in [0, 0.1) is 11.8 Å². The van der Waals surface area contributed by atoms with E-state index in [1.165, 1.54) is 12.5 Å². The number of anilines is 1. The number of ether oxygens (including phenoxy) is 1. The van der Waals surface area contributed by atoms with Crippen molar-refractivity contribution >= 4 is 23.3 Å². The molecule has 3 saturated heterocycles. The Morgan fingerprint density at radius 1 is 1.42 bits per heavy atom. The highest BCUT2D eigenvalue weighted by Gasteiger charge is 2.63. The third-order valence-corrected chi connectivity index (χ3v) is 6.32. The molecule has 0 aliphatic carbocycles. The molecule has 26 heavy (non-hydrogen) atoms. The Morgan fingerprint density at radius 2 is 2.35 bits per heavy atom. The smallest absolute Gasteiger partial charge is 0.254 e. The molecule has 3 aliphatic heterocycles. The number of carbonyl (C=O) groups excluding carboxylic acids is 1. The van der Waals surface area contributed by atoms with Gasteiger partial charge in [0.05, 0.1) is 28.6 Å². The van der Waals surface area contributed by atoms with E-state index >= 15 is 0 Å². The summed E-state index contributed by atoms with van der Waals surface area (Å²) >= 11 is 5.96. The predicted octanol–water partition coefficient (Wildman–Crippen LogP) is 2.74. The molecule has 7 heteroatoms. The molecule has 5 rings (SSSR count). The van der Waals surface area contributed by atoms with E-state index in [1.807, 2.05) is 12.1 Å². The molecule has 0 saturated carbocycles. The van der Waals surface area contributed by atoms with Gasteiger partial charge in [0.2, 0.25) is 0 Å². The van der Waals surface area contributed by atoms with E-state index in [2.05, 4.69) is 15.2 Å². The fraction of sp³-hybridized carbons (Fsp3) is 0.474. The van der Waals surface area contributed by atoms with Crippen LogP contribution in [-0.2, 0) is 4.74 Å². The molecule has 2 aromatic rings. The minimum atomic E-state index is -0.100. The lowest BCUT2D eigenvalue weighted by Gasteiger charge is -2.29. The molecule has 0 unspecified atom stereocenters. The van der Waals surface area contributed by atoms with E-state index in [4.69, 9.17) is 20.8 Å². The van der Waals surface area contributed by atoms with Crippen LogP contribution < -0.4 is 10.2 Å². The molecule has 3 aliphatic rings. The van der Waals surface area contributed by atoms with E-state index in [-0.39, 0.29) is 17.6 Å². The van der Waals surface area contributed by atoms with Gasteiger partial charge < -0.3 is 19.4 Å². The molecule has 5 heterocycles. The van der Waals surface area contributed by atoms with Crippen molar-refractivity contribution in [2.45, 2.75) is 24.5 Å². The number of rotatable bonds is 4. The second kappa shape index (κ2) is 5.99. The Kier molecular flexibility index (Phi) is 3.72. The minimum absolute atomic E-state index is 0.0928. The fourth-order valence-corrected chi connectivity index (χ4v) is 5.01. The van der Waals surface area contributed by atoms with Gasteiger partial charge >= 0.3 is 0 Å². The molecule has 0 radical (unpaired) electrons. The van der Waals surface area contributed by atoms with Gasteiger partial charge in [0, 0.05) is 37.7 Å². The van der Waals surface area contributed by atoms with Crippen LogP contribution in [0.3, 0.4) is 0 Å². The number of pyridine rings is 1. The molecule has 2 aromatic heterocycles.